The number of hydrogen-bond acceptors (Lipinski definition) is 6. The summed E-state index contributed by atoms with van der Waals surface area (Å²) in [6, 6.07) is 7.68. The molecule has 176 valence electrons. The topological polar surface area (TPSA) is 148 Å². The first kappa shape index (κ1) is 23.1. The van der Waals surface area contributed by atoms with Crippen LogP contribution < -0.4 is 27.2 Å². The lowest BCUT2D eigenvalue weighted by Gasteiger charge is -2.21. The highest BCUT2D eigenvalue weighted by molar-refractivity contribution is 6.35. The average Bonchev–Trinajstić information content (AvgIpc) is 3.15. The lowest BCUT2D eigenvalue weighted by molar-refractivity contribution is 0.0940. The van der Waals surface area contributed by atoms with Crippen LogP contribution in [0.15, 0.2) is 47.5 Å². The molecule has 11 nitrogen and oxygen atoms in total. The number of carbonyl (C=O) groups excluding carboxylic acids is 2. The average molecular weight is 483 g/mol. The van der Waals surface area contributed by atoms with Crippen LogP contribution in [0.4, 0.5) is 10.6 Å². The van der Waals surface area contributed by atoms with Crippen LogP contribution in [0.25, 0.3) is 16.4 Å². The number of halogens is 1. The highest BCUT2D eigenvalue weighted by atomic mass is 35.5. The normalized spacial score (nSPS) is 12.0. The number of nitrogens with two attached hydrogens (primary N) is 1. The second-order valence-corrected chi connectivity index (χ2v) is 7.99. The van der Waals surface area contributed by atoms with Crippen LogP contribution in [0.3, 0.4) is 0 Å². The predicted octanol–water partition coefficient (Wildman–Crippen LogP) is 1.70. The number of nitrogen functional groups attached to an aromatic ring is 1. The summed E-state index contributed by atoms with van der Waals surface area (Å²) in [6.45, 7) is 2.11. The monoisotopic (exact) mass is 482 g/mol. The van der Waals surface area contributed by atoms with Crippen molar-refractivity contribution in [1.29, 1.82) is 0 Å². The van der Waals surface area contributed by atoms with Crippen LogP contribution in [0.2, 0.25) is 5.02 Å². The lowest BCUT2D eigenvalue weighted by Crippen LogP contribution is -2.38. The number of benzene rings is 1. The Balaban J connectivity index is 1.72. The lowest BCUT2D eigenvalue weighted by atomic mass is 10.1. The first-order chi connectivity index (χ1) is 16.3. The molecule has 0 fully saturated rings. The summed E-state index contributed by atoms with van der Waals surface area (Å²) >= 11 is 6.31. The van der Waals surface area contributed by atoms with Crippen LogP contribution in [0.1, 0.15) is 29.0 Å². The van der Waals surface area contributed by atoms with Gasteiger partial charge in [-0.05, 0) is 30.5 Å². The molecule has 3 amide bonds. The maximum atomic E-state index is 13.4. The Hall–Kier alpha value is -4.12. The smallest absolute Gasteiger partial charge is 0.314 e. The van der Waals surface area contributed by atoms with Crippen molar-refractivity contribution in [2.45, 2.75) is 19.5 Å². The van der Waals surface area contributed by atoms with E-state index < -0.39 is 11.9 Å². The highest BCUT2D eigenvalue weighted by Gasteiger charge is 2.23. The van der Waals surface area contributed by atoms with Gasteiger partial charge in [0, 0.05) is 38.2 Å². The summed E-state index contributed by atoms with van der Waals surface area (Å²) in [4.78, 5) is 42.2. The second kappa shape index (κ2) is 9.40. The van der Waals surface area contributed by atoms with E-state index in [2.05, 4.69) is 26.0 Å². The van der Waals surface area contributed by atoms with Crippen LogP contribution >= 0.6 is 11.6 Å². The van der Waals surface area contributed by atoms with Gasteiger partial charge in [-0.1, -0.05) is 23.7 Å². The van der Waals surface area contributed by atoms with Gasteiger partial charge < -0.3 is 26.3 Å². The molecule has 3 aromatic heterocycles. The molecule has 1 atom stereocenters. The highest BCUT2D eigenvalue weighted by Crippen LogP contribution is 2.24. The van der Waals surface area contributed by atoms with Gasteiger partial charge in [0.05, 0.1) is 16.5 Å². The van der Waals surface area contributed by atoms with Gasteiger partial charge in [0.1, 0.15) is 5.56 Å². The van der Waals surface area contributed by atoms with Crippen molar-refractivity contribution in [3.05, 3.63) is 69.4 Å². The van der Waals surface area contributed by atoms with Gasteiger partial charge in [-0.25, -0.2) is 14.3 Å². The second-order valence-electron chi connectivity index (χ2n) is 7.58. The molecule has 0 aliphatic rings. The molecule has 0 saturated carbocycles. The van der Waals surface area contributed by atoms with E-state index in [1.165, 1.54) is 16.1 Å². The summed E-state index contributed by atoms with van der Waals surface area (Å²) < 4.78 is 2.92. The summed E-state index contributed by atoms with van der Waals surface area (Å²) in [5.74, 6) is -0.437. The SMILES string of the molecule is CNC(=O)NCCn1c(C(C)NC(=O)c2c(N)nn3cccnc23)cc2cccc(Cl)c2c1=O. The van der Waals surface area contributed by atoms with E-state index in [1.54, 1.807) is 49.6 Å². The van der Waals surface area contributed by atoms with Crippen molar-refractivity contribution in [1.82, 2.24) is 35.1 Å². The van der Waals surface area contributed by atoms with E-state index in [9.17, 15) is 14.4 Å². The quantitative estimate of drug-likeness (QED) is 0.328. The van der Waals surface area contributed by atoms with E-state index in [4.69, 9.17) is 17.3 Å². The standard InChI is InChI=1S/C22H23ClN8O3/c1-12(28-20(32)17-18(24)29-31-9-4-7-26-19(17)31)15-11-13-5-3-6-14(23)16(13)21(33)30(15)10-8-27-22(34)25-2/h3-7,9,11-12H,8,10H2,1-2H3,(H2,24,29)(H,28,32)(H2,25,27,34). The van der Waals surface area contributed by atoms with E-state index in [1.807, 2.05) is 0 Å². The molecule has 0 bridgehead atoms. The van der Waals surface area contributed by atoms with Gasteiger partial charge in [0.15, 0.2) is 11.5 Å². The van der Waals surface area contributed by atoms with E-state index >= 15 is 0 Å². The molecule has 12 heteroatoms. The van der Waals surface area contributed by atoms with E-state index in [-0.39, 0.29) is 36.1 Å². The summed E-state index contributed by atoms with van der Waals surface area (Å²) in [5.41, 5.74) is 6.65. The number of aromatic nitrogens is 4. The minimum atomic E-state index is -0.596. The zero-order chi connectivity index (χ0) is 24.4. The Kier molecular flexibility index (Phi) is 6.37. The fourth-order valence-electron chi connectivity index (χ4n) is 3.80. The number of amides is 3. The maximum absolute atomic E-state index is 13.4. The van der Waals surface area contributed by atoms with Crippen LogP contribution in [-0.4, -0.2) is 44.7 Å². The van der Waals surface area contributed by atoms with Gasteiger partial charge >= 0.3 is 6.03 Å². The van der Waals surface area contributed by atoms with Gasteiger partial charge in [-0.2, -0.15) is 0 Å². The Morgan fingerprint density at radius 3 is 2.82 bits per heavy atom. The van der Waals surface area contributed by atoms with Crippen LogP contribution in [0, 0.1) is 0 Å². The number of fused-ring (bicyclic) bond motifs is 2. The first-order valence-electron chi connectivity index (χ1n) is 10.5. The summed E-state index contributed by atoms with van der Waals surface area (Å²) in [5, 5.41) is 13.5. The van der Waals surface area contributed by atoms with Gasteiger partial charge in [-0.3, -0.25) is 9.59 Å². The molecular weight excluding hydrogens is 460 g/mol. The van der Waals surface area contributed by atoms with Gasteiger partial charge in [-0.15, -0.1) is 5.10 Å². The number of hydrogen-bond donors (Lipinski definition) is 4. The molecule has 0 aliphatic carbocycles. The molecule has 3 heterocycles. The Bertz CT molecular complexity index is 1460. The molecule has 0 saturated heterocycles. The van der Waals surface area contributed by atoms with Gasteiger partial charge in [0.2, 0.25) is 0 Å². The number of urea groups is 1. The fourth-order valence-corrected chi connectivity index (χ4v) is 4.06. The van der Waals surface area contributed by atoms with Gasteiger partial charge in [0.25, 0.3) is 11.5 Å². The number of nitrogens with zero attached hydrogens (tertiary/aromatic N) is 4. The third-order valence-electron chi connectivity index (χ3n) is 5.41. The predicted molar refractivity (Wildman–Crippen MR) is 129 cm³/mol. The number of nitrogens with one attached hydrogen (secondary N) is 3. The molecule has 4 aromatic rings. The number of pyridine rings is 1. The largest absolute Gasteiger partial charge is 0.381 e. The number of rotatable bonds is 6. The summed E-state index contributed by atoms with van der Waals surface area (Å²) in [6.07, 6.45) is 3.18. The van der Waals surface area contributed by atoms with Crippen molar-refractivity contribution < 1.29 is 9.59 Å². The zero-order valence-electron chi connectivity index (χ0n) is 18.5. The Morgan fingerprint density at radius 2 is 2.06 bits per heavy atom. The molecule has 0 aliphatic heterocycles. The third kappa shape index (κ3) is 4.25. The van der Waals surface area contributed by atoms with E-state index in [0.29, 0.717) is 27.1 Å². The minimum Gasteiger partial charge on any atom is -0.381 e. The molecular formula is C22H23ClN8O3. The number of carbonyl (C=O) groups is 2. The van der Waals surface area contributed by atoms with Crippen molar-refractivity contribution in [3.8, 4) is 0 Å². The molecule has 34 heavy (non-hydrogen) atoms. The van der Waals surface area contributed by atoms with Crippen molar-refractivity contribution >= 4 is 45.8 Å². The van der Waals surface area contributed by atoms with Crippen molar-refractivity contribution in [2.75, 3.05) is 19.3 Å². The Labute approximate surface area is 198 Å². The molecule has 1 unspecified atom stereocenters. The van der Waals surface area contributed by atoms with Crippen LogP contribution in [-0.2, 0) is 6.54 Å². The minimum absolute atomic E-state index is 0.0425. The Morgan fingerprint density at radius 1 is 1.26 bits per heavy atom. The van der Waals surface area contributed by atoms with Crippen LogP contribution in [0.5, 0.6) is 0 Å². The molecule has 5 N–H and O–H groups in total. The number of anilines is 1. The molecule has 4 rings (SSSR count). The molecule has 0 spiro atoms. The maximum Gasteiger partial charge on any atom is 0.314 e. The fraction of sp³-hybridized carbons (Fsp3) is 0.227. The van der Waals surface area contributed by atoms with Crippen molar-refractivity contribution in [2.24, 2.45) is 0 Å². The first-order valence-corrected chi connectivity index (χ1v) is 10.9. The third-order valence-corrected chi connectivity index (χ3v) is 5.72. The molecule has 1 aromatic carbocycles. The molecule has 0 radical (unpaired) electrons. The zero-order valence-corrected chi connectivity index (χ0v) is 19.3. The van der Waals surface area contributed by atoms with E-state index in [0.717, 1.165) is 0 Å². The summed E-state index contributed by atoms with van der Waals surface area (Å²) in [7, 11) is 1.50. The van der Waals surface area contributed by atoms with Crippen molar-refractivity contribution in [3.63, 3.8) is 0 Å².